The van der Waals surface area contributed by atoms with Crippen LogP contribution in [0.3, 0.4) is 0 Å². The van der Waals surface area contributed by atoms with Crippen molar-refractivity contribution in [2.75, 3.05) is 13.2 Å². The minimum absolute atomic E-state index is 0.272. The van der Waals surface area contributed by atoms with Crippen LogP contribution in [0.2, 0.25) is 0 Å². The summed E-state index contributed by atoms with van der Waals surface area (Å²) in [6, 6.07) is 0. The average Bonchev–Trinajstić information content (AvgIpc) is 2.41. The predicted molar refractivity (Wildman–Crippen MR) is 63.2 cm³/mol. The van der Waals surface area contributed by atoms with Gasteiger partial charge in [-0.05, 0) is 6.92 Å². The number of aliphatic hydroxyl groups excluding tert-OH is 1. The molecule has 4 nitrogen and oxygen atoms in total. The lowest BCUT2D eigenvalue weighted by Gasteiger charge is -2.35. The van der Waals surface area contributed by atoms with Crippen molar-refractivity contribution in [3.63, 3.8) is 0 Å². The number of rotatable bonds is 9. The Morgan fingerprint density at radius 2 is 1.54 bits per heavy atom. The van der Waals surface area contributed by atoms with E-state index in [0.717, 1.165) is 6.92 Å². The third-order valence-corrected chi connectivity index (χ3v) is 2.59. The molecule has 0 aliphatic carbocycles. The number of alkyl halides is 8. The topological polar surface area (TPSA) is 55.8 Å². The van der Waals surface area contributed by atoms with E-state index in [-0.39, 0.29) is 5.57 Å². The molecule has 1 N–H and O–H groups in total. The van der Waals surface area contributed by atoms with Crippen molar-refractivity contribution < 1.29 is 54.5 Å². The number of carbonyl (C=O) groups excluding carboxylic acids is 1. The molecule has 0 amide bonds. The van der Waals surface area contributed by atoms with Crippen molar-refractivity contribution >= 4 is 5.97 Å². The van der Waals surface area contributed by atoms with Crippen molar-refractivity contribution in [3.8, 4) is 0 Å². The van der Waals surface area contributed by atoms with Crippen LogP contribution in [0.5, 0.6) is 0 Å². The molecule has 0 heterocycles. The molecule has 0 aromatic rings. The van der Waals surface area contributed by atoms with E-state index in [1.54, 1.807) is 0 Å². The van der Waals surface area contributed by atoms with Gasteiger partial charge in [-0.25, -0.2) is 4.79 Å². The first-order valence-corrected chi connectivity index (χ1v) is 6.11. The average molecular weight is 374 g/mol. The van der Waals surface area contributed by atoms with Gasteiger partial charge in [0.25, 0.3) is 0 Å². The van der Waals surface area contributed by atoms with Crippen LogP contribution in [0.1, 0.15) is 13.8 Å². The summed E-state index contributed by atoms with van der Waals surface area (Å²) in [6.07, 6.45) is -2.22. The molecular weight excluding hydrogens is 360 g/mol. The van der Waals surface area contributed by atoms with Gasteiger partial charge in [-0.2, -0.15) is 35.1 Å². The van der Waals surface area contributed by atoms with Gasteiger partial charge < -0.3 is 14.6 Å². The van der Waals surface area contributed by atoms with E-state index >= 15 is 0 Å². The third kappa shape index (κ3) is 4.56. The zero-order chi connectivity index (χ0) is 19.6. The Morgan fingerprint density at radius 1 is 1.08 bits per heavy atom. The normalized spacial score (nSPS) is 15.1. The summed E-state index contributed by atoms with van der Waals surface area (Å²) in [4.78, 5) is 11.1. The minimum Gasteiger partial charge on any atom is -0.430 e. The number of aliphatic hydroxyl groups is 1. The molecule has 0 bridgehead atoms. The molecule has 0 saturated heterocycles. The maximum Gasteiger partial charge on any atom is 0.380 e. The van der Waals surface area contributed by atoms with Crippen molar-refractivity contribution in [1.82, 2.24) is 0 Å². The Kier molecular flexibility index (Phi) is 6.78. The first kappa shape index (κ1) is 22.6. The molecule has 0 aliphatic rings. The Hall–Kier alpha value is -1.43. The Balaban J connectivity index is 5.19. The second-order valence-electron chi connectivity index (χ2n) is 4.85. The lowest BCUT2D eigenvalue weighted by molar-refractivity contribution is -0.372. The van der Waals surface area contributed by atoms with Crippen molar-refractivity contribution in [2.45, 2.75) is 43.8 Å². The fourth-order valence-corrected chi connectivity index (χ4v) is 1.14. The number of halogens is 8. The smallest absolute Gasteiger partial charge is 0.380 e. The summed E-state index contributed by atoms with van der Waals surface area (Å²) < 4.78 is 112. The molecule has 12 heteroatoms. The van der Waals surface area contributed by atoms with Crippen LogP contribution in [0.15, 0.2) is 12.2 Å². The Morgan fingerprint density at radius 3 is 1.88 bits per heavy atom. The van der Waals surface area contributed by atoms with Gasteiger partial charge in [-0.1, -0.05) is 6.58 Å². The summed E-state index contributed by atoms with van der Waals surface area (Å²) in [5.41, 5.74) is -0.272. The standard InChI is InChI=1S/C12H14F8O4/c1-6(2)8(22)24-7(4-21)23-5-10(15,16)12(19,20)11(17,18)9(3,13)14/h7,21H,1,4-5H2,2-3H3. The van der Waals surface area contributed by atoms with Gasteiger partial charge in [0.2, 0.25) is 6.29 Å². The summed E-state index contributed by atoms with van der Waals surface area (Å²) in [5.74, 6) is -25.4. The van der Waals surface area contributed by atoms with Crippen LogP contribution in [0.4, 0.5) is 35.1 Å². The Labute approximate surface area is 131 Å². The second-order valence-corrected chi connectivity index (χ2v) is 4.85. The zero-order valence-corrected chi connectivity index (χ0v) is 12.4. The quantitative estimate of drug-likeness (QED) is 0.292. The van der Waals surface area contributed by atoms with E-state index in [2.05, 4.69) is 16.1 Å². The van der Waals surface area contributed by atoms with Crippen LogP contribution in [-0.4, -0.2) is 54.3 Å². The van der Waals surface area contributed by atoms with Crippen molar-refractivity contribution in [3.05, 3.63) is 12.2 Å². The maximum atomic E-state index is 13.3. The van der Waals surface area contributed by atoms with Gasteiger partial charge in [-0.15, -0.1) is 0 Å². The lowest BCUT2D eigenvalue weighted by atomic mass is 10.0. The molecule has 24 heavy (non-hydrogen) atoms. The molecule has 0 aromatic heterocycles. The van der Waals surface area contributed by atoms with E-state index in [1.165, 1.54) is 0 Å². The monoisotopic (exact) mass is 374 g/mol. The Bertz CT molecular complexity index is 472. The van der Waals surface area contributed by atoms with Crippen molar-refractivity contribution in [1.29, 1.82) is 0 Å². The molecule has 0 aromatic carbocycles. The molecule has 1 unspecified atom stereocenters. The van der Waals surface area contributed by atoms with E-state index in [4.69, 9.17) is 5.11 Å². The summed E-state index contributed by atoms with van der Waals surface area (Å²) in [7, 11) is 0. The zero-order valence-electron chi connectivity index (χ0n) is 12.4. The summed E-state index contributed by atoms with van der Waals surface area (Å²) in [6.45, 7) is -0.266. The van der Waals surface area contributed by atoms with Gasteiger partial charge in [0.15, 0.2) is 0 Å². The van der Waals surface area contributed by atoms with Crippen LogP contribution in [0.25, 0.3) is 0 Å². The largest absolute Gasteiger partial charge is 0.430 e. The van der Waals surface area contributed by atoms with E-state index < -0.39 is 56.1 Å². The van der Waals surface area contributed by atoms with E-state index in [1.807, 2.05) is 0 Å². The molecule has 142 valence electrons. The number of ether oxygens (including phenoxy) is 2. The highest BCUT2D eigenvalue weighted by Gasteiger charge is 2.79. The second kappa shape index (κ2) is 7.21. The first-order chi connectivity index (χ1) is 10.5. The number of carbonyl (C=O) groups is 1. The highest BCUT2D eigenvalue weighted by Crippen LogP contribution is 2.52. The number of esters is 1. The molecule has 0 saturated carbocycles. The van der Waals surface area contributed by atoms with Gasteiger partial charge in [0, 0.05) is 12.5 Å². The van der Waals surface area contributed by atoms with E-state index in [0.29, 0.717) is 0 Å². The molecule has 0 aliphatic heterocycles. The minimum atomic E-state index is -6.49. The summed E-state index contributed by atoms with van der Waals surface area (Å²) in [5, 5.41) is 8.71. The van der Waals surface area contributed by atoms with Crippen LogP contribution >= 0.6 is 0 Å². The molecule has 1 atom stereocenters. The van der Waals surface area contributed by atoms with E-state index in [9.17, 15) is 39.9 Å². The molecule has 0 rings (SSSR count). The maximum absolute atomic E-state index is 13.3. The third-order valence-electron chi connectivity index (χ3n) is 2.59. The highest BCUT2D eigenvalue weighted by atomic mass is 19.4. The number of hydrogen-bond acceptors (Lipinski definition) is 4. The first-order valence-electron chi connectivity index (χ1n) is 6.11. The highest BCUT2D eigenvalue weighted by molar-refractivity contribution is 5.87. The van der Waals surface area contributed by atoms with Gasteiger partial charge >= 0.3 is 29.7 Å². The van der Waals surface area contributed by atoms with Crippen LogP contribution in [-0.2, 0) is 14.3 Å². The van der Waals surface area contributed by atoms with Crippen LogP contribution < -0.4 is 0 Å². The fourth-order valence-electron chi connectivity index (χ4n) is 1.14. The molecular formula is C12H14F8O4. The van der Waals surface area contributed by atoms with Crippen molar-refractivity contribution in [2.24, 2.45) is 0 Å². The summed E-state index contributed by atoms with van der Waals surface area (Å²) >= 11 is 0. The molecule has 0 radical (unpaired) electrons. The van der Waals surface area contributed by atoms with Crippen LogP contribution in [0, 0.1) is 0 Å². The fraction of sp³-hybridized carbons (Fsp3) is 0.750. The van der Waals surface area contributed by atoms with Gasteiger partial charge in [0.05, 0.1) is 0 Å². The SMILES string of the molecule is C=C(C)C(=O)OC(CO)OCC(F)(F)C(F)(F)C(F)(F)C(C)(F)F. The molecule has 0 fully saturated rings. The number of hydrogen-bond donors (Lipinski definition) is 1. The molecule has 0 spiro atoms. The van der Waals surface area contributed by atoms with Gasteiger partial charge in [0.1, 0.15) is 13.2 Å². The van der Waals surface area contributed by atoms with Gasteiger partial charge in [-0.3, -0.25) is 0 Å². The lowest BCUT2D eigenvalue weighted by Crippen LogP contribution is -2.62. The predicted octanol–water partition coefficient (Wildman–Crippen LogP) is 3.00.